The van der Waals surface area contributed by atoms with Crippen molar-refractivity contribution in [2.24, 2.45) is 0 Å². The van der Waals surface area contributed by atoms with Gasteiger partial charge in [-0.25, -0.2) is 0 Å². The summed E-state index contributed by atoms with van der Waals surface area (Å²) >= 11 is 0. The van der Waals surface area contributed by atoms with E-state index >= 15 is 0 Å². The average Bonchev–Trinajstić information content (AvgIpc) is 2.39. The molecule has 3 heteroatoms. The van der Waals surface area contributed by atoms with Crippen LogP contribution in [0.4, 0.5) is 0 Å². The standard InChI is InChI=1S/C15H13NO2/c1-11-2-3-13(9-16-11)5-4-12-6-7-15(18)14(8-12)10-17/h2-10,18H,1H3. The molecule has 3 nitrogen and oxygen atoms in total. The van der Waals surface area contributed by atoms with Gasteiger partial charge in [0.25, 0.3) is 0 Å². The number of phenolic OH excluding ortho intramolecular Hbond substituents is 1. The van der Waals surface area contributed by atoms with E-state index in [0.717, 1.165) is 16.8 Å². The van der Waals surface area contributed by atoms with Crippen LogP contribution >= 0.6 is 0 Å². The molecule has 0 fully saturated rings. The van der Waals surface area contributed by atoms with Crippen LogP contribution in [0.3, 0.4) is 0 Å². The number of carbonyl (C=O) groups excluding carboxylic acids is 1. The highest BCUT2D eigenvalue weighted by Crippen LogP contribution is 2.18. The largest absolute Gasteiger partial charge is 0.507 e. The summed E-state index contributed by atoms with van der Waals surface area (Å²) in [5, 5.41) is 9.39. The number of pyridine rings is 1. The van der Waals surface area contributed by atoms with Crippen molar-refractivity contribution in [3.63, 3.8) is 0 Å². The number of phenols is 1. The number of rotatable bonds is 3. The van der Waals surface area contributed by atoms with E-state index in [1.165, 1.54) is 6.07 Å². The third kappa shape index (κ3) is 2.83. The van der Waals surface area contributed by atoms with Crippen LogP contribution in [0.15, 0.2) is 36.5 Å². The minimum atomic E-state index is -0.000785. The lowest BCUT2D eigenvalue weighted by Gasteiger charge is -1.99. The van der Waals surface area contributed by atoms with Gasteiger partial charge in [-0.1, -0.05) is 24.3 Å². The molecule has 0 aliphatic heterocycles. The minimum Gasteiger partial charge on any atom is -0.507 e. The van der Waals surface area contributed by atoms with Crippen LogP contribution in [0.5, 0.6) is 5.75 Å². The van der Waals surface area contributed by atoms with Crippen molar-refractivity contribution in [1.29, 1.82) is 0 Å². The summed E-state index contributed by atoms with van der Waals surface area (Å²) in [5.41, 5.74) is 3.11. The van der Waals surface area contributed by atoms with E-state index in [1.807, 2.05) is 31.2 Å². The molecule has 1 aromatic carbocycles. The van der Waals surface area contributed by atoms with E-state index < -0.39 is 0 Å². The molecule has 0 atom stereocenters. The summed E-state index contributed by atoms with van der Waals surface area (Å²) in [6, 6.07) is 8.81. The Bertz CT molecular complexity index is 586. The highest BCUT2D eigenvalue weighted by molar-refractivity contribution is 5.81. The van der Waals surface area contributed by atoms with Gasteiger partial charge in [0, 0.05) is 11.9 Å². The van der Waals surface area contributed by atoms with Gasteiger partial charge < -0.3 is 5.11 Å². The Morgan fingerprint density at radius 1 is 1.11 bits per heavy atom. The number of hydrogen-bond donors (Lipinski definition) is 1. The van der Waals surface area contributed by atoms with Gasteiger partial charge in [0.1, 0.15) is 5.75 Å². The van der Waals surface area contributed by atoms with Crippen molar-refractivity contribution in [3.8, 4) is 5.75 Å². The summed E-state index contributed by atoms with van der Waals surface area (Å²) in [5.74, 6) is -0.000785. The lowest BCUT2D eigenvalue weighted by atomic mass is 10.1. The van der Waals surface area contributed by atoms with Crippen molar-refractivity contribution in [2.75, 3.05) is 0 Å². The Kier molecular flexibility index (Phi) is 3.53. The van der Waals surface area contributed by atoms with Crippen LogP contribution in [-0.2, 0) is 0 Å². The van der Waals surface area contributed by atoms with Crippen LogP contribution in [-0.4, -0.2) is 16.4 Å². The quantitative estimate of drug-likeness (QED) is 0.837. The second-order valence-electron chi connectivity index (χ2n) is 4.00. The third-order valence-electron chi connectivity index (χ3n) is 2.58. The molecule has 1 aromatic heterocycles. The molecule has 0 bridgehead atoms. The van der Waals surface area contributed by atoms with Crippen LogP contribution in [0, 0.1) is 6.92 Å². The second-order valence-corrected chi connectivity index (χ2v) is 4.00. The lowest BCUT2D eigenvalue weighted by molar-refractivity contribution is 0.112. The Balaban J connectivity index is 2.23. The number of hydrogen-bond acceptors (Lipinski definition) is 3. The van der Waals surface area contributed by atoms with Crippen molar-refractivity contribution < 1.29 is 9.90 Å². The smallest absolute Gasteiger partial charge is 0.153 e. The van der Waals surface area contributed by atoms with Crippen molar-refractivity contribution >= 4 is 18.4 Å². The summed E-state index contributed by atoms with van der Waals surface area (Å²) in [4.78, 5) is 14.9. The van der Waals surface area contributed by atoms with Crippen molar-refractivity contribution in [1.82, 2.24) is 4.98 Å². The zero-order chi connectivity index (χ0) is 13.0. The molecular formula is C15H13NO2. The first kappa shape index (κ1) is 12.0. The Labute approximate surface area is 105 Å². The minimum absolute atomic E-state index is 0.000785. The van der Waals surface area contributed by atoms with Crippen LogP contribution in [0.25, 0.3) is 12.2 Å². The maximum atomic E-state index is 10.7. The summed E-state index contributed by atoms with van der Waals surface area (Å²) in [6.07, 6.45) is 6.21. The summed E-state index contributed by atoms with van der Waals surface area (Å²) < 4.78 is 0. The number of aromatic hydroxyl groups is 1. The molecule has 2 aromatic rings. The molecule has 0 saturated heterocycles. The predicted molar refractivity (Wildman–Crippen MR) is 71.4 cm³/mol. The maximum absolute atomic E-state index is 10.7. The van der Waals surface area contributed by atoms with E-state index in [0.29, 0.717) is 11.8 Å². The van der Waals surface area contributed by atoms with Gasteiger partial charge in [0.15, 0.2) is 6.29 Å². The number of aromatic nitrogens is 1. The zero-order valence-corrected chi connectivity index (χ0v) is 10.00. The Morgan fingerprint density at radius 3 is 2.50 bits per heavy atom. The van der Waals surface area contributed by atoms with Gasteiger partial charge >= 0.3 is 0 Å². The first-order valence-corrected chi connectivity index (χ1v) is 5.58. The lowest BCUT2D eigenvalue weighted by Crippen LogP contribution is -1.83. The second kappa shape index (κ2) is 5.27. The normalized spacial score (nSPS) is 10.7. The van der Waals surface area contributed by atoms with E-state index in [-0.39, 0.29) is 5.75 Å². The molecule has 0 aliphatic rings. The van der Waals surface area contributed by atoms with E-state index in [4.69, 9.17) is 0 Å². The fourth-order valence-corrected chi connectivity index (χ4v) is 1.54. The highest BCUT2D eigenvalue weighted by Gasteiger charge is 1.99. The molecule has 1 N–H and O–H groups in total. The summed E-state index contributed by atoms with van der Waals surface area (Å²) in [7, 11) is 0. The van der Waals surface area contributed by atoms with Gasteiger partial charge in [-0.05, 0) is 36.2 Å². The third-order valence-corrected chi connectivity index (χ3v) is 2.58. The number of aldehydes is 1. The molecule has 0 aliphatic carbocycles. The number of benzene rings is 1. The van der Waals surface area contributed by atoms with E-state index in [1.54, 1.807) is 18.3 Å². The first-order valence-electron chi connectivity index (χ1n) is 5.58. The number of aryl methyl sites for hydroxylation is 1. The SMILES string of the molecule is Cc1ccc(C=Cc2ccc(O)c(C=O)c2)cn1. The van der Waals surface area contributed by atoms with Gasteiger partial charge in [-0.2, -0.15) is 0 Å². The highest BCUT2D eigenvalue weighted by atomic mass is 16.3. The van der Waals surface area contributed by atoms with Crippen molar-refractivity contribution in [3.05, 3.63) is 58.9 Å². The Hall–Kier alpha value is -2.42. The number of nitrogens with zero attached hydrogens (tertiary/aromatic N) is 1. The van der Waals surface area contributed by atoms with Gasteiger partial charge in [-0.3, -0.25) is 9.78 Å². The van der Waals surface area contributed by atoms with Crippen LogP contribution in [0.1, 0.15) is 27.2 Å². The Morgan fingerprint density at radius 2 is 1.83 bits per heavy atom. The first-order chi connectivity index (χ1) is 8.69. The number of carbonyl (C=O) groups is 1. The van der Waals surface area contributed by atoms with Crippen molar-refractivity contribution in [2.45, 2.75) is 6.92 Å². The molecule has 2 rings (SSSR count). The molecule has 18 heavy (non-hydrogen) atoms. The van der Waals surface area contributed by atoms with Crippen LogP contribution in [0.2, 0.25) is 0 Å². The molecular weight excluding hydrogens is 226 g/mol. The predicted octanol–water partition coefficient (Wildman–Crippen LogP) is 3.08. The molecule has 0 amide bonds. The molecule has 0 radical (unpaired) electrons. The molecule has 0 unspecified atom stereocenters. The topological polar surface area (TPSA) is 50.2 Å². The fourth-order valence-electron chi connectivity index (χ4n) is 1.54. The van der Waals surface area contributed by atoms with Gasteiger partial charge in [0.05, 0.1) is 5.56 Å². The van der Waals surface area contributed by atoms with E-state index in [2.05, 4.69) is 4.98 Å². The molecule has 1 heterocycles. The monoisotopic (exact) mass is 239 g/mol. The fraction of sp³-hybridized carbons (Fsp3) is 0.0667. The average molecular weight is 239 g/mol. The summed E-state index contributed by atoms with van der Waals surface area (Å²) in [6.45, 7) is 1.93. The molecule has 0 spiro atoms. The van der Waals surface area contributed by atoms with E-state index in [9.17, 15) is 9.90 Å². The molecule has 0 saturated carbocycles. The van der Waals surface area contributed by atoms with Crippen LogP contribution < -0.4 is 0 Å². The maximum Gasteiger partial charge on any atom is 0.153 e. The van der Waals surface area contributed by atoms with Gasteiger partial charge in [-0.15, -0.1) is 0 Å². The zero-order valence-electron chi connectivity index (χ0n) is 10.00. The molecule has 90 valence electrons. The van der Waals surface area contributed by atoms with Gasteiger partial charge in [0.2, 0.25) is 0 Å².